The molecule has 54 valence electrons. The minimum atomic E-state index is 1.22. The topological polar surface area (TPSA) is 0 Å². The van der Waals surface area contributed by atoms with E-state index in [1.807, 2.05) is 42.5 Å². The Labute approximate surface area is 66.0 Å². The maximum Gasteiger partial charge on any atom is 0.00753 e. The Morgan fingerprint density at radius 1 is 1.00 bits per heavy atom. The van der Waals surface area contributed by atoms with Crippen LogP contribution in [0.2, 0.25) is 6.04 Å². The molecule has 0 radical (unpaired) electrons. The first-order valence-corrected chi connectivity index (χ1v) is 4.94. The van der Waals surface area contributed by atoms with Crippen molar-refractivity contribution in [3.63, 3.8) is 0 Å². The number of hydrogen-bond acceptors (Lipinski definition) is 0. The Balaban J connectivity index is 0.000000180. The summed E-state index contributed by atoms with van der Waals surface area (Å²) in [6.45, 7) is 3.51. The van der Waals surface area contributed by atoms with E-state index in [1.165, 1.54) is 16.3 Å². The Morgan fingerprint density at radius 2 is 1.20 bits per heavy atom. The lowest BCUT2D eigenvalue weighted by Crippen LogP contribution is -1.47. The zero-order chi connectivity index (χ0) is 7.66. The van der Waals surface area contributed by atoms with E-state index in [0.717, 1.165) is 0 Å². The van der Waals surface area contributed by atoms with Gasteiger partial charge in [-0.05, 0) is 6.04 Å². The van der Waals surface area contributed by atoms with Gasteiger partial charge in [0.25, 0.3) is 0 Å². The van der Waals surface area contributed by atoms with Gasteiger partial charge in [-0.3, -0.25) is 0 Å². The summed E-state index contributed by atoms with van der Waals surface area (Å²) >= 11 is 0. The van der Waals surface area contributed by atoms with Crippen LogP contribution in [0.4, 0.5) is 0 Å². The average molecular weight is 150 g/mol. The fourth-order valence-electron chi connectivity index (χ4n) is 0.385. The summed E-state index contributed by atoms with van der Waals surface area (Å²) < 4.78 is 0. The monoisotopic (exact) mass is 150 g/mol. The molecule has 0 unspecified atom stereocenters. The van der Waals surface area contributed by atoms with Crippen molar-refractivity contribution in [2.45, 2.75) is 6.04 Å². The van der Waals surface area contributed by atoms with Crippen LogP contribution in [0.15, 0.2) is 49.1 Å². The Kier molecular flexibility index (Phi) is 7.50. The van der Waals surface area contributed by atoms with Crippen LogP contribution >= 0.6 is 0 Å². The first-order chi connectivity index (χ1) is 4.91. The molecule has 0 aliphatic heterocycles. The molecule has 0 heterocycles. The summed E-state index contributed by atoms with van der Waals surface area (Å²) in [7, 11) is 1.27. The second-order valence-corrected chi connectivity index (χ2v) is 2.67. The molecule has 1 aromatic rings. The van der Waals surface area contributed by atoms with E-state index in [-0.39, 0.29) is 0 Å². The highest BCUT2D eigenvalue weighted by molar-refractivity contribution is 6.09. The third-order valence-corrected chi connectivity index (χ3v) is 1.53. The van der Waals surface area contributed by atoms with Crippen molar-refractivity contribution < 1.29 is 0 Å². The minimum absolute atomic E-state index is 1.22. The lowest BCUT2D eigenvalue weighted by Gasteiger charge is -1.69. The van der Waals surface area contributed by atoms with Gasteiger partial charge in [-0.15, -0.1) is 6.58 Å². The fourth-order valence-corrected chi connectivity index (χ4v) is 0.385. The molecule has 0 N–H and O–H groups in total. The predicted molar refractivity (Wildman–Crippen MR) is 51.4 cm³/mol. The first-order valence-electron chi connectivity index (χ1n) is 3.52. The summed E-state index contributed by atoms with van der Waals surface area (Å²) in [6, 6.07) is 13.2. The number of hydrogen-bond donors (Lipinski definition) is 0. The molecule has 1 aromatic carbocycles. The van der Waals surface area contributed by atoms with Crippen molar-refractivity contribution in [1.29, 1.82) is 0 Å². The summed E-state index contributed by atoms with van der Waals surface area (Å²) in [4.78, 5) is 0. The minimum Gasteiger partial charge on any atom is -0.103 e. The van der Waals surface area contributed by atoms with Crippen LogP contribution in [-0.2, 0) is 0 Å². The molecule has 0 spiro atoms. The molecule has 1 heteroatoms. The molecule has 0 amide bonds. The lowest BCUT2D eigenvalue weighted by molar-refractivity contribution is 1.72. The van der Waals surface area contributed by atoms with Gasteiger partial charge in [0.1, 0.15) is 0 Å². The maximum absolute atomic E-state index is 3.51. The highest BCUT2D eigenvalue weighted by Crippen LogP contribution is 1.79. The predicted octanol–water partition coefficient (Wildman–Crippen LogP) is 1.64. The molecule has 0 aliphatic rings. The van der Waals surface area contributed by atoms with E-state index >= 15 is 0 Å². The number of allylic oxidation sites excluding steroid dienone is 1. The van der Waals surface area contributed by atoms with Gasteiger partial charge < -0.3 is 0 Å². The molecule has 0 aliphatic carbocycles. The van der Waals surface area contributed by atoms with Crippen molar-refractivity contribution in [1.82, 2.24) is 0 Å². The highest BCUT2D eigenvalue weighted by atomic mass is 28.1. The average Bonchev–Trinajstić information content (AvgIpc) is 2.08. The van der Waals surface area contributed by atoms with Crippen LogP contribution < -0.4 is 0 Å². The molecule has 10 heavy (non-hydrogen) atoms. The van der Waals surface area contributed by atoms with Gasteiger partial charge in [0, 0.05) is 10.2 Å². The summed E-state index contributed by atoms with van der Waals surface area (Å²) in [5, 5.41) is 0. The van der Waals surface area contributed by atoms with E-state index in [2.05, 4.69) is 6.58 Å². The Bertz CT molecular complexity index is 119. The molecule has 0 aromatic heterocycles. The molecule has 0 saturated carbocycles. The largest absolute Gasteiger partial charge is 0.103 e. The number of rotatable bonds is 1. The lowest BCUT2D eigenvalue weighted by atomic mass is 10.4. The fraction of sp³-hybridized carbons (Fsp3) is 0.111. The summed E-state index contributed by atoms with van der Waals surface area (Å²) in [5.74, 6) is 0. The molecule has 0 saturated heterocycles. The second-order valence-electron chi connectivity index (χ2n) is 1.85. The van der Waals surface area contributed by atoms with Crippen molar-refractivity contribution in [3.05, 3.63) is 49.1 Å². The standard InChI is InChI=1S/C6H6.C3H8Si/c1-2-4-6-5-3-1;1-2-3-4/h1-6H;2H,1,3H2,4H3. The van der Waals surface area contributed by atoms with Crippen molar-refractivity contribution in [2.75, 3.05) is 0 Å². The van der Waals surface area contributed by atoms with Crippen LogP contribution in [0.5, 0.6) is 0 Å². The molecular weight excluding hydrogens is 136 g/mol. The van der Waals surface area contributed by atoms with Gasteiger partial charge in [0.15, 0.2) is 0 Å². The van der Waals surface area contributed by atoms with Crippen LogP contribution in [0.1, 0.15) is 0 Å². The van der Waals surface area contributed by atoms with Gasteiger partial charge in [-0.2, -0.15) is 0 Å². The van der Waals surface area contributed by atoms with Crippen molar-refractivity contribution >= 4 is 10.2 Å². The van der Waals surface area contributed by atoms with Crippen molar-refractivity contribution in [3.8, 4) is 0 Å². The summed E-state index contributed by atoms with van der Waals surface area (Å²) in [6.07, 6.45) is 1.94. The molecule has 0 nitrogen and oxygen atoms in total. The molecule has 0 fully saturated rings. The Hall–Kier alpha value is -0.823. The molecular formula is C9H14Si. The number of benzene rings is 1. The van der Waals surface area contributed by atoms with Gasteiger partial charge in [-0.1, -0.05) is 42.5 Å². The van der Waals surface area contributed by atoms with Gasteiger partial charge in [0.05, 0.1) is 0 Å². The van der Waals surface area contributed by atoms with Crippen molar-refractivity contribution in [2.24, 2.45) is 0 Å². The van der Waals surface area contributed by atoms with E-state index in [9.17, 15) is 0 Å². The molecule has 0 atom stereocenters. The normalized spacial score (nSPS) is 7.60. The Morgan fingerprint density at radius 3 is 1.30 bits per heavy atom. The van der Waals surface area contributed by atoms with Gasteiger partial charge >= 0.3 is 0 Å². The van der Waals surface area contributed by atoms with Crippen LogP contribution in [-0.4, -0.2) is 10.2 Å². The maximum atomic E-state index is 3.51. The smallest absolute Gasteiger partial charge is 0.00753 e. The zero-order valence-electron chi connectivity index (χ0n) is 6.46. The van der Waals surface area contributed by atoms with Gasteiger partial charge in [-0.25, -0.2) is 0 Å². The zero-order valence-corrected chi connectivity index (χ0v) is 8.46. The van der Waals surface area contributed by atoms with E-state index in [1.54, 1.807) is 0 Å². The van der Waals surface area contributed by atoms with E-state index < -0.39 is 0 Å². The third-order valence-electron chi connectivity index (χ3n) is 0.955. The third kappa shape index (κ3) is 7.18. The highest BCUT2D eigenvalue weighted by Gasteiger charge is 1.57. The molecule has 1 rings (SSSR count). The van der Waals surface area contributed by atoms with Crippen LogP contribution in [0.25, 0.3) is 0 Å². The van der Waals surface area contributed by atoms with Gasteiger partial charge in [0.2, 0.25) is 0 Å². The summed E-state index contributed by atoms with van der Waals surface area (Å²) in [5.41, 5.74) is 0. The van der Waals surface area contributed by atoms with Crippen LogP contribution in [0.3, 0.4) is 0 Å². The second kappa shape index (κ2) is 8.18. The van der Waals surface area contributed by atoms with E-state index in [4.69, 9.17) is 0 Å². The van der Waals surface area contributed by atoms with E-state index in [0.29, 0.717) is 0 Å². The van der Waals surface area contributed by atoms with Crippen LogP contribution in [0, 0.1) is 0 Å². The molecule has 0 bridgehead atoms. The first kappa shape index (κ1) is 9.18. The SMILES string of the molecule is C=CC[SiH3].c1ccccc1. The quantitative estimate of drug-likeness (QED) is 0.422.